The second-order valence-corrected chi connectivity index (χ2v) is 8.27. The summed E-state index contributed by atoms with van der Waals surface area (Å²) >= 11 is 6.10. The van der Waals surface area contributed by atoms with Crippen molar-refractivity contribution in [3.05, 3.63) is 46.2 Å². The van der Waals surface area contributed by atoms with Crippen molar-refractivity contribution in [2.24, 2.45) is 5.92 Å². The largest absolute Gasteiger partial charge is 0.478 e. The highest BCUT2D eigenvalue weighted by atomic mass is 35.5. The van der Waals surface area contributed by atoms with E-state index in [1.165, 1.54) is 0 Å². The fourth-order valence-corrected chi connectivity index (χ4v) is 3.54. The first-order valence-electron chi connectivity index (χ1n) is 9.44. The van der Waals surface area contributed by atoms with E-state index in [0.29, 0.717) is 34.8 Å². The number of hydrogen-bond acceptors (Lipinski definition) is 3. The van der Waals surface area contributed by atoms with Crippen LogP contribution in [0.1, 0.15) is 68.7 Å². The molecule has 2 N–H and O–H groups in total. The van der Waals surface area contributed by atoms with Crippen LogP contribution in [-0.2, 0) is 12.8 Å². The fourth-order valence-electron chi connectivity index (χ4n) is 3.36. The molecule has 0 aliphatic heterocycles. The number of carboxylic acids is 1. The molecule has 2 rings (SSSR count). The molecule has 1 unspecified atom stereocenters. The molecule has 148 valence electrons. The molecule has 0 bridgehead atoms. The van der Waals surface area contributed by atoms with Gasteiger partial charge in [0.1, 0.15) is 5.56 Å². The van der Waals surface area contributed by atoms with Crippen LogP contribution in [0, 0.1) is 5.92 Å². The summed E-state index contributed by atoms with van der Waals surface area (Å²) in [6.07, 6.45) is 3.68. The van der Waals surface area contributed by atoms with E-state index in [1.807, 2.05) is 19.1 Å². The van der Waals surface area contributed by atoms with E-state index in [9.17, 15) is 15.0 Å². The standard InChI is InChI=1S/C21H29ClN2O3/c1-5-18-19(20(25)26)17(12-14(2)8-7-11-21(3,4)27)23-24(18)16-10-6-9-15(22)13-16/h6,9-10,13-14,27H,5,7-8,11-12H2,1-4H3,(H,25,26). The number of nitrogens with zero attached hydrogens (tertiary/aromatic N) is 2. The molecule has 0 spiro atoms. The molecule has 0 aliphatic carbocycles. The minimum absolute atomic E-state index is 0.276. The molecule has 0 aliphatic rings. The number of aromatic nitrogens is 2. The Labute approximate surface area is 166 Å². The summed E-state index contributed by atoms with van der Waals surface area (Å²) in [7, 11) is 0. The highest BCUT2D eigenvalue weighted by Crippen LogP contribution is 2.25. The van der Waals surface area contributed by atoms with Crippen LogP contribution in [0.5, 0.6) is 0 Å². The Morgan fingerprint density at radius 3 is 2.63 bits per heavy atom. The summed E-state index contributed by atoms with van der Waals surface area (Å²) in [4.78, 5) is 11.9. The first-order chi connectivity index (χ1) is 12.6. The summed E-state index contributed by atoms with van der Waals surface area (Å²) in [5.74, 6) is -0.670. The van der Waals surface area contributed by atoms with Crippen LogP contribution in [0.15, 0.2) is 24.3 Å². The van der Waals surface area contributed by atoms with Crippen molar-refractivity contribution in [1.82, 2.24) is 9.78 Å². The fraction of sp³-hybridized carbons (Fsp3) is 0.524. The topological polar surface area (TPSA) is 75.3 Å². The van der Waals surface area contributed by atoms with Crippen molar-refractivity contribution in [1.29, 1.82) is 0 Å². The number of halogens is 1. The molecule has 1 heterocycles. The van der Waals surface area contributed by atoms with E-state index in [0.717, 1.165) is 24.9 Å². The molecule has 27 heavy (non-hydrogen) atoms. The van der Waals surface area contributed by atoms with E-state index in [2.05, 4.69) is 12.0 Å². The summed E-state index contributed by atoms with van der Waals surface area (Å²) < 4.78 is 1.70. The molecule has 6 heteroatoms. The Morgan fingerprint density at radius 1 is 1.37 bits per heavy atom. The van der Waals surface area contributed by atoms with Crippen LogP contribution >= 0.6 is 11.6 Å². The van der Waals surface area contributed by atoms with Gasteiger partial charge in [0.2, 0.25) is 0 Å². The smallest absolute Gasteiger partial charge is 0.339 e. The highest BCUT2D eigenvalue weighted by molar-refractivity contribution is 6.30. The highest BCUT2D eigenvalue weighted by Gasteiger charge is 2.24. The average Bonchev–Trinajstić information content (AvgIpc) is 2.92. The third kappa shape index (κ3) is 5.81. The van der Waals surface area contributed by atoms with Crippen LogP contribution in [0.3, 0.4) is 0 Å². The van der Waals surface area contributed by atoms with Crippen molar-refractivity contribution < 1.29 is 15.0 Å². The summed E-state index contributed by atoms with van der Waals surface area (Å²) in [5.41, 5.74) is 1.68. The minimum atomic E-state index is -0.946. The summed E-state index contributed by atoms with van der Waals surface area (Å²) in [6.45, 7) is 7.64. The molecule has 0 saturated carbocycles. The number of rotatable bonds is 9. The minimum Gasteiger partial charge on any atom is -0.478 e. The number of carbonyl (C=O) groups is 1. The van der Waals surface area contributed by atoms with Gasteiger partial charge in [0.25, 0.3) is 0 Å². The van der Waals surface area contributed by atoms with Crippen LogP contribution in [0.4, 0.5) is 0 Å². The number of carboxylic acid groups (broad SMARTS) is 1. The number of aliphatic hydroxyl groups is 1. The lowest BCUT2D eigenvalue weighted by Gasteiger charge is -2.18. The maximum Gasteiger partial charge on any atom is 0.339 e. The van der Waals surface area contributed by atoms with Crippen LogP contribution in [0.2, 0.25) is 5.02 Å². The Bertz CT molecular complexity index is 793. The molecular formula is C21H29ClN2O3. The van der Waals surface area contributed by atoms with Crippen molar-refractivity contribution >= 4 is 17.6 Å². The van der Waals surface area contributed by atoms with Gasteiger partial charge >= 0.3 is 5.97 Å². The third-order valence-corrected chi connectivity index (χ3v) is 4.92. The zero-order chi connectivity index (χ0) is 20.2. The molecule has 0 fully saturated rings. The zero-order valence-corrected chi connectivity index (χ0v) is 17.3. The maximum atomic E-state index is 11.9. The lowest BCUT2D eigenvalue weighted by Crippen LogP contribution is -2.18. The second-order valence-electron chi connectivity index (χ2n) is 7.83. The van der Waals surface area contributed by atoms with Gasteiger partial charge in [-0.1, -0.05) is 44.4 Å². The van der Waals surface area contributed by atoms with Gasteiger partial charge in [-0.25, -0.2) is 9.48 Å². The molecule has 0 saturated heterocycles. The van der Waals surface area contributed by atoms with Gasteiger partial charge in [-0.05, 0) is 57.2 Å². The van der Waals surface area contributed by atoms with E-state index in [1.54, 1.807) is 30.7 Å². The third-order valence-electron chi connectivity index (χ3n) is 4.68. The van der Waals surface area contributed by atoms with E-state index >= 15 is 0 Å². The quantitative estimate of drug-likeness (QED) is 0.636. The predicted molar refractivity (Wildman–Crippen MR) is 108 cm³/mol. The lowest BCUT2D eigenvalue weighted by atomic mass is 9.93. The molecule has 5 nitrogen and oxygen atoms in total. The van der Waals surface area contributed by atoms with Crippen molar-refractivity contribution in [3.8, 4) is 5.69 Å². The molecule has 1 atom stereocenters. The van der Waals surface area contributed by atoms with Crippen molar-refractivity contribution in [3.63, 3.8) is 0 Å². The SMILES string of the molecule is CCc1c(C(=O)O)c(CC(C)CCCC(C)(C)O)nn1-c1cccc(Cl)c1. The Hall–Kier alpha value is -1.85. The first kappa shape index (κ1) is 21.5. The van der Waals surface area contributed by atoms with Gasteiger partial charge in [-0.3, -0.25) is 0 Å². The molecule has 1 aromatic heterocycles. The lowest BCUT2D eigenvalue weighted by molar-refractivity contribution is 0.0669. The van der Waals surface area contributed by atoms with Gasteiger partial charge in [-0.2, -0.15) is 5.10 Å². The predicted octanol–water partition coefficient (Wildman–Crippen LogP) is 4.91. The van der Waals surface area contributed by atoms with E-state index < -0.39 is 11.6 Å². The molecule has 0 radical (unpaired) electrons. The summed E-state index contributed by atoms with van der Waals surface area (Å²) in [5, 5.41) is 24.9. The van der Waals surface area contributed by atoms with Gasteiger partial charge in [0.05, 0.1) is 22.7 Å². The molecule has 1 aromatic carbocycles. The number of benzene rings is 1. The monoisotopic (exact) mass is 392 g/mol. The van der Waals surface area contributed by atoms with Crippen LogP contribution in [0.25, 0.3) is 5.69 Å². The normalized spacial score (nSPS) is 13.0. The number of hydrogen-bond donors (Lipinski definition) is 2. The van der Waals surface area contributed by atoms with E-state index in [-0.39, 0.29) is 5.92 Å². The second kappa shape index (κ2) is 8.89. The van der Waals surface area contributed by atoms with Crippen molar-refractivity contribution in [2.45, 2.75) is 65.4 Å². The number of aromatic carboxylic acids is 1. The van der Waals surface area contributed by atoms with Gasteiger partial charge in [-0.15, -0.1) is 0 Å². The molecule has 2 aromatic rings. The Morgan fingerprint density at radius 2 is 2.07 bits per heavy atom. The van der Waals surface area contributed by atoms with Gasteiger partial charge in [0, 0.05) is 5.02 Å². The zero-order valence-electron chi connectivity index (χ0n) is 16.5. The Kier molecular flexibility index (Phi) is 7.06. The Balaban J connectivity index is 2.29. The maximum absolute atomic E-state index is 11.9. The average molecular weight is 393 g/mol. The summed E-state index contributed by atoms with van der Waals surface area (Å²) in [6, 6.07) is 7.28. The van der Waals surface area contributed by atoms with Gasteiger partial charge in [0.15, 0.2) is 0 Å². The van der Waals surface area contributed by atoms with E-state index in [4.69, 9.17) is 11.6 Å². The van der Waals surface area contributed by atoms with Gasteiger partial charge < -0.3 is 10.2 Å². The molecular weight excluding hydrogens is 364 g/mol. The molecule has 0 amide bonds. The van der Waals surface area contributed by atoms with Crippen LogP contribution < -0.4 is 0 Å². The first-order valence-corrected chi connectivity index (χ1v) is 9.82. The van der Waals surface area contributed by atoms with Crippen molar-refractivity contribution in [2.75, 3.05) is 0 Å². The van der Waals surface area contributed by atoms with Crippen LogP contribution in [-0.4, -0.2) is 31.6 Å².